The van der Waals surface area contributed by atoms with E-state index in [0.717, 1.165) is 24.2 Å². The number of nitrogens with one attached hydrogen (secondary N) is 1. The maximum Gasteiger partial charge on any atom is 0.144 e. The third kappa shape index (κ3) is 2.05. The second-order valence-electron chi connectivity index (χ2n) is 5.06. The SMILES string of the molecule is OCC1(CO)CCN(c2ncnc3[nH]c(Cl)cc23)C1. The Morgan fingerprint density at radius 1 is 1.37 bits per heavy atom. The molecular weight excluding hydrogens is 268 g/mol. The molecule has 0 bridgehead atoms. The first-order chi connectivity index (χ1) is 9.17. The van der Waals surface area contributed by atoms with Crippen molar-refractivity contribution in [2.24, 2.45) is 5.41 Å². The minimum atomic E-state index is -0.447. The molecule has 1 fully saturated rings. The largest absolute Gasteiger partial charge is 0.396 e. The number of aromatic nitrogens is 3. The molecule has 1 aliphatic heterocycles. The third-order valence-electron chi connectivity index (χ3n) is 3.78. The van der Waals surface area contributed by atoms with Crippen LogP contribution in [0.2, 0.25) is 5.15 Å². The lowest BCUT2D eigenvalue weighted by Crippen LogP contribution is -2.34. The van der Waals surface area contributed by atoms with Crippen molar-refractivity contribution in [1.29, 1.82) is 0 Å². The molecule has 3 rings (SSSR count). The van der Waals surface area contributed by atoms with E-state index in [4.69, 9.17) is 11.6 Å². The van der Waals surface area contributed by atoms with Crippen LogP contribution in [-0.2, 0) is 0 Å². The molecular formula is C12H15ClN4O2. The maximum absolute atomic E-state index is 9.45. The van der Waals surface area contributed by atoms with Crippen molar-refractivity contribution in [3.8, 4) is 0 Å². The molecule has 0 amide bonds. The molecule has 0 radical (unpaired) electrons. The maximum atomic E-state index is 9.45. The molecule has 2 aromatic rings. The number of aromatic amines is 1. The minimum Gasteiger partial charge on any atom is -0.396 e. The molecule has 0 spiro atoms. The normalized spacial score (nSPS) is 18.4. The Morgan fingerprint density at radius 3 is 2.84 bits per heavy atom. The lowest BCUT2D eigenvalue weighted by atomic mass is 9.89. The molecule has 7 heteroatoms. The summed E-state index contributed by atoms with van der Waals surface area (Å²) in [7, 11) is 0. The molecule has 102 valence electrons. The third-order valence-corrected chi connectivity index (χ3v) is 3.98. The molecule has 0 atom stereocenters. The average Bonchev–Trinajstić information content (AvgIpc) is 3.01. The Morgan fingerprint density at radius 2 is 2.16 bits per heavy atom. The number of H-pyrrole nitrogens is 1. The van der Waals surface area contributed by atoms with Crippen LogP contribution in [0, 0.1) is 5.41 Å². The van der Waals surface area contributed by atoms with Crippen molar-refractivity contribution in [3.63, 3.8) is 0 Å². The highest BCUT2D eigenvalue weighted by Gasteiger charge is 2.38. The summed E-state index contributed by atoms with van der Waals surface area (Å²) < 4.78 is 0. The summed E-state index contributed by atoms with van der Waals surface area (Å²) in [5.41, 5.74) is 0.248. The molecule has 0 saturated carbocycles. The number of aliphatic hydroxyl groups excluding tert-OH is 2. The van der Waals surface area contributed by atoms with Crippen molar-refractivity contribution in [1.82, 2.24) is 15.0 Å². The van der Waals surface area contributed by atoms with E-state index in [1.807, 2.05) is 0 Å². The van der Waals surface area contributed by atoms with Gasteiger partial charge < -0.3 is 20.1 Å². The molecule has 19 heavy (non-hydrogen) atoms. The topological polar surface area (TPSA) is 85.3 Å². The summed E-state index contributed by atoms with van der Waals surface area (Å²) in [6.07, 6.45) is 2.23. The Balaban J connectivity index is 1.97. The predicted octanol–water partition coefficient (Wildman–Crippen LogP) is 0.792. The second kappa shape index (κ2) is 4.63. The molecule has 3 N–H and O–H groups in total. The lowest BCUT2D eigenvalue weighted by Gasteiger charge is -2.25. The molecule has 1 aliphatic rings. The quantitative estimate of drug-likeness (QED) is 0.775. The molecule has 0 unspecified atom stereocenters. The standard InChI is InChI=1S/C12H15ClN4O2/c13-9-3-8-10(16-9)14-7-15-11(8)17-2-1-12(4-17,5-18)6-19/h3,7,18-19H,1-2,4-6H2,(H,14,15,16). The fraction of sp³-hybridized carbons (Fsp3) is 0.500. The lowest BCUT2D eigenvalue weighted by molar-refractivity contribution is 0.0727. The van der Waals surface area contributed by atoms with Gasteiger partial charge in [-0.3, -0.25) is 0 Å². The fourth-order valence-electron chi connectivity index (χ4n) is 2.57. The van der Waals surface area contributed by atoms with Gasteiger partial charge in [-0.1, -0.05) is 11.6 Å². The van der Waals surface area contributed by atoms with Crippen molar-refractivity contribution in [2.75, 3.05) is 31.2 Å². The van der Waals surface area contributed by atoms with Gasteiger partial charge in [0, 0.05) is 18.5 Å². The molecule has 3 heterocycles. The number of rotatable bonds is 3. The number of hydrogen-bond donors (Lipinski definition) is 3. The predicted molar refractivity (Wildman–Crippen MR) is 72.3 cm³/mol. The van der Waals surface area contributed by atoms with E-state index < -0.39 is 5.41 Å². The van der Waals surface area contributed by atoms with E-state index >= 15 is 0 Å². The Kier molecular flexibility index (Phi) is 3.08. The van der Waals surface area contributed by atoms with Crippen LogP contribution in [0.5, 0.6) is 0 Å². The van der Waals surface area contributed by atoms with E-state index in [2.05, 4.69) is 19.9 Å². The van der Waals surface area contributed by atoms with Gasteiger partial charge in [0.05, 0.1) is 18.6 Å². The number of aliphatic hydroxyl groups is 2. The van der Waals surface area contributed by atoms with Gasteiger partial charge in [0.2, 0.25) is 0 Å². The van der Waals surface area contributed by atoms with Crippen molar-refractivity contribution in [2.45, 2.75) is 6.42 Å². The van der Waals surface area contributed by atoms with Gasteiger partial charge in [-0.15, -0.1) is 0 Å². The summed E-state index contributed by atoms with van der Waals surface area (Å²) in [5.74, 6) is 0.789. The zero-order valence-corrected chi connectivity index (χ0v) is 11.1. The smallest absolute Gasteiger partial charge is 0.144 e. The van der Waals surface area contributed by atoms with Crippen LogP contribution in [0.3, 0.4) is 0 Å². The molecule has 0 aromatic carbocycles. The van der Waals surface area contributed by atoms with Crippen LogP contribution in [0.25, 0.3) is 11.0 Å². The number of fused-ring (bicyclic) bond motifs is 1. The summed E-state index contributed by atoms with van der Waals surface area (Å²) in [4.78, 5) is 13.5. The molecule has 0 aliphatic carbocycles. The summed E-state index contributed by atoms with van der Waals surface area (Å²) >= 11 is 5.95. The molecule has 2 aromatic heterocycles. The van der Waals surface area contributed by atoms with Gasteiger partial charge >= 0.3 is 0 Å². The number of nitrogens with zero attached hydrogens (tertiary/aromatic N) is 3. The van der Waals surface area contributed by atoms with E-state index in [1.54, 1.807) is 6.07 Å². The van der Waals surface area contributed by atoms with Crippen LogP contribution < -0.4 is 4.90 Å². The summed E-state index contributed by atoms with van der Waals surface area (Å²) in [6.45, 7) is 1.27. The number of hydrogen-bond acceptors (Lipinski definition) is 5. The summed E-state index contributed by atoms with van der Waals surface area (Å²) in [6, 6.07) is 1.80. The van der Waals surface area contributed by atoms with Crippen LogP contribution in [0.1, 0.15) is 6.42 Å². The zero-order chi connectivity index (χ0) is 13.5. The van der Waals surface area contributed by atoms with Crippen LogP contribution in [-0.4, -0.2) is 51.5 Å². The first kappa shape index (κ1) is 12.7. The van der Waals surface area contributed by atoms with Crippen molar-refractivity contribution < 1.29 is 10.2 Å². The van der Waals surface area contributed by atoms with Gasteiger partial charge in [-0.2, -0.15) is 0 Å². The highest BCUT2D eigenvalue weighted by atomic mass is 35.5. The van der Waals surface area contributed by atoms with Gasteiger partial charge in [0.1, 0.15) is 22.9 Å². The number of halogens is 1. The molecule has 6 nitrogen and oxygen atoms in total. The fourth-order valence-corrected chi connectivity index (χ4v) is 2.77. The van der Waals surface area contributed by atoms with Gasteiger partial charge in [-0.05, 0) is 12.5 Å². The van der Waals surface area contributed by atoms with E-state index in [1.165, 1.54) is 6.33 Å². The van der Waals surface area contributed by atoms with Crippen LogP contribution in [0.4, 0.5) is 5.82 Å². The first-order valence-electron chi connectivity index (χ1n) is 6.13. The van der Waals surface area contributed by atoms with E-state index in [0.29, 0.717) is 17.3 Å². The Bertz CT molecular complexity index is 596. The highest BCUT2D eigenvalue weighted by Crippen LogP contribution is 2.35. The van der Waals surface area contributed by atoms with Crippen LogP contribution in [0.15, 0.2) is 12.4 Å². The van der Waals surface area contributed by atoms with Gasteiger partial charge in [0.15, 0.2) is 0 Å². The zero-order valence-electron chi connectivity index (χ0n) is 10.3. The van der Waals surface area contributed by atoms with Crippen molar-refractivity contribution in [3.05, 3.63) is 17.5 Å². The van der Waals surface area contributed by atoms with E-state index in [9.17, 15) is 10.2 Å². The minimum absolute atomic E-state index is 0.0257. The van der Waals surface area contributed by atoms with Gasteiger partial charge in [-0.25, -0.2) is 9.97 Å². The van der Waals surface area contributed by atoms with Gasteiger partial charge in [0.25, 0.3) is 0 Å². The van der Waals surface area contributed by atoms with E-state index in [-0.39, 0.29) is 13.2 Å². The molecule has 1 saturated heterocycles. The van der Waals surface area contributed by atoms with Crippen molar-refractivity contribution >= 4 is 28.5 Å². The van der Waals surface area contributed by atoms with Crippen LogP contribution >= 0.6 is 11.6 Å². The second-order valence-corrected chi connectivity index (χ2v) is 5.47. The highest BCUT2D eigenvalue weighted by molar-refractivity contribution is 6.30. The monoisotopic (exact) mass is 282 g/mol. The summed E-state index contributed by atoms with van der Waals surface area (Å²) in [5, 5.41) is 20.3. The average molecular weight is 283 g/mol. The Hall–Kier alpha value is -1.37. The Labute approximate surface area is 115 Å². The number of anilines is 1. The first-order valence-corrected chi connectivity index (χ1v) is 6.51.